The van der Waals surface area contributed by atoms with E-state index < -0.39 is 11.1 Å². The Morgan fingerprint density at radius 3 is 2.79 bits per heavy atom. The number of carbonyl (C=O) groups is 3. The molecule has 6 nitrogen and oxygen atoms in total. The molecule has 0 aliphatic carbocycles. The number of phenolic OH excluding ortho intramolecular Hbond substituents is 1. The molecule has 0 atom stereocenters. The number of nitrogens with zero attached hydrogens (tertiary/aromatic N) is 1. The molecule has 1 saturated heterocycles. The summed E-state index contributed by atoms with van der Waals surface area (Å²) < 4.78 is 0. The van der Waals surface area contributed by atoms with E-state index in [1.54, 1.807) is 24.3 Å². The van der Waals surface area contributed by atoms with E-state index in [0.29, 0.717) is 16.3 Å². The summed E-state index contributed by atoms with van der Waals surface area (Å²) in [4.78, 5) is 38.1. The number of phenols is 1. The van der Waals surface area contributed by atoms with E-state index >= 15 is 0 Å². The number of hydrogen-bond donors (Lipinski definition) is 2. The van der Waals surface area contributed by atoms with Crippen LogP contribution < -0.4 is 5.32 Å². The smallest absolute Gasteiger partial charge is 0.293 e. The number of halogens is 1. The molecule has 2 aromatic rings. The maximum Gasteiger partial charge on any atom is 0.293 e. The van der Waals surface area contributed by atoms with Gasteiger partial charge in [0.15, 0.2) is 0 Å². The molecule has 3 amide bonds. The quantitative estimate of drug-likeness (QED) is 0.704. The maximum atomic E-state index is 12.5. The minimum atomic E-state index is -0.459. The summed E-state index contributed by atoms with van der Waals surface area (Å²) in [5, 5.41) is 12.2. The van der Waals surface area contributed by atoms with E-state index in [-0.39, 0.29) is 29.5 Å². The third kappa shape index (κ3) is 4.74. The fourth-order valence-electron chi connectivity index (χ4n) is 2.62. The van der Waals surface area contributed by atoms with Crippen molar-refractivity contribution in [2.45, 2.75) is 13.3 Å². The lowest BCUT2D eigenvalue weighted by atomic mass is 10.2. The highest BCUT2D eigenvalue weighted by molar-refractivity contribution is 8.18. The van der Waals surface area contributed by atoms with E-state index in [1.807, 2.05) is 13.0 Å². The highest BCUT2D eigenvalue weighted by Crippen LogP contribution is 2.32. The van der Waals surface area contributed by atoms with Gasteiger partial charge in [-0.3, -0.25) is 19.3 Å². The van der Waals surface area contributed by atoms with Crippen molar-refractivity contribution < 1.29 is 19.5 Å². The van der Waals surface area contributed by atoms with E-state index in [0.717, 1.165) is 22.2 Å². The second kappa shape index (κ2) is 8.50. The van der Waals surface area contributed by atoms with Gasteiger partial charge in [0.05, 0.1) is 15.6 Å². The summed E-state index contributed by atoms with van der Waals surface area (Å²) >= 11 is 6.87. The van der Waals surface area contributed by atoms with E-state index in [1.165, 1.54) is 18.2 Å². The Hall–Kier alpha value is -2.77. The summed E-state index contributed by atoms with van der Waals surface area (Å²) in [6.45, 7) is 1.85. The lowest BCUT2D eigenvalue weighted by Gasteiger charge is -2.13. The fraction of sp³-hybridized carbons (Fsp3) is 0.150. The van der Waals surface area contributed by atoms with Gasteiger partial charge in [0.2, 0.25) is 5.91 Å². The van der Waals surface area contributed by atoms with Crippen LogP contribution in [0.3, 0.4) is 0 Å². The number of amides is 3. The highest BCUT2D eigenvalue weighted by Gasteiger charge is 2.35. The number of thioether (sulfide) groups is 1. The molecule has 144 valence electrons. The number of rotatable bonds is 5. The monoisotopic (exact) mass is 416 g/mol. The Labute approximate surface area is 171 Å². The van der Waals surface area contributed by atoms with Crippen molar-refractivity contribution in [2.75, 3.05) is 11.9 Å². The standard InChI is InChI=1S/C20H17ClN2O4S/c1-12-5-6-15(21)16(9-12)22-18(25)7-8-23-19(26)17(28-20(23)27)11-13-3-2-4-14(24)10-13/h2-6,9-11,24H,7-8H2,1H3,(H,22,25)/b17-11-. The number of nitrogens with one attached hydrogen (secondary N) is 1. The zero-order chi connectivity index (χ0) is 20.3. The molecular formula is C20H17ClN2O4S. The van der Waals surface area contributed by atoms with Crippen LogP contribution in [0.25, 0.3) is 6.08 Å². The molecule has 0 unspecified atom stereocenters. The lowest BCUT2D eigenvalue weighted by Crippen LogP contribution is -2.31. The number of benzene rings is 2. The van der Waals surface area contributed by atoms with Gasteiger partial charge in [-0.05, 0) is 60.2 Å². The molecule has 2 N–H and O–H groups in total. The molecule has 1 fully saturated rings. The topological polar surface area (TPSA) is 86.7 Å². The molecule has 0 aromatic heterocycles. The normalized spacial score (nSPS) is 15.4. The first-order valence-electron chi connectivity index (χ1n) is 8.44. The van der Waals surface area contributed by atoms with Crippen molar-refractivity contribution in [2.24, 2.45) is 0 Å². The zero-order valence-electron chi connectivity index (χ0n) is 14.9. The molecule has 0 saturated carbocycles. The van der Waals surface area contributed by atoms with Crippen LogP contribution in [0.2, 0.25) is 5.02 Å². The van der Waals surface area contributed by atoms with Gasteiger partial charge in [0.25, 0.3) is 11.1 Å². The van der Waals surface area contributed by atoms with Crippen molar-refractivity contribution in [1.82, 2.24) is 4.90 Å². The first-order chi connectivity index (χ1) is 13.3. The number of carbonyl (C=O) groups excluding carboxylic acids is 3. The number of imide groups is 1. The van der Waals surface area contributed by atoms with Crippen LogP contribution in [0.1, 0.15) is 17.5 Å². The van der Waals surface area contributed by atoms with Gasteiger partial charge >= 0.3 is 0 Å². The Bertz CT molecular complexity index is 990. The zero-order valence-corrected chi connectivity index (χ0v) is 16.5. The first-order valence-corrected chi connectivity index (χ1v) is 9.63. The van der Waals surface area contributed by atoms with Gasteiger partial charge in [-0.15, -0.1) is 0 Å². The average Bonchev–Trinajstić information content (AvgIpc) is 2.90. The van der Waals surface area contributed by atoms with Crippen LogP contribution in [0.5, 0.6) is 5.75 Å². The van der Waals surface area contributed by atoms with Crippen molar-refractivity contribution in [1.29, 1.82) is 0 Å². The first kappa shape index (κ1) is 20.0. The molecule has 1 aliphatic heterocycles. The van der Waals surface area contributed by atoms with Gasteiger partial charge in [-0.1, -0.05) is 29.8 Å². The Balaban J connectivity index is 1.63. The van der Waals surface area contributed by atoms with Gasteiger partial charge in [0.1, 0.15) is 5.75 Å². The number of hydrogen-bond acceptors (Lipinski definition) is 5. The minimum absolute atomic E-state index is 0.0304. The summed E-state index contributed by atoms with van der Waals surface area (Å²) in [6.07, 6.45) is 1.50. The van der Waals surface area contributed by atoms with Gasteiger partial charge < -0.3 is 10.4 Å². The molecule has 1 aliphatic rings. The van der Waals surface area contributed by atoms with E-state index in [4.69, 9.17) is 11.6 Å². The third-order valence-electron chi connectivity index (χ3n) is 4.00. The van der Waals surface area contributed by atoms with Crippen molar-refractivity contribution in [3.63, 3.8) is 0 Å². The van der Waals surface area contributed by atoms with E-state index in [2.05, 4.69) is 5.32 Å². The van der Waals surface area contributed by atoms with Crippen molar-refractivity contribution >= 4 is 52.2 Å². The number of aryl methyl sites for hydroxylation is 1. The average molecular weight is 417 g/mol. The van der Waals surface area contributed by atoms with E-state index in [9.17, 15) is 19.5 Å². The van der Waals surface area contributed by atoms with Crippen LogP contribution in [-0.2, 0) is 9.59 Å². The lowest BCUT2D eigenvalue weighted by molar-refractivity contribution is -0.123. The number of anilines is 1. The highest BCUT2D eigenvalue weighted by atomic mass is 35.5. The summed E-state index contributed by atoms with van der Waals surface area (Å²) in [5.74, 6) is -0.734. The predicted octanol–water partition coefficient (Wildman–Crippen LogP) is 4.42. The van der Waals surface area contributed by atoms with Crippen LogP contribution in [0.15, 0.2) is 47.4 Å². The Kier molecular flexibility index (Phi) is 6.06. The van der Waals surface area contributed by atoms with Gasteiger partial charge in [0, 0.05) is 13.0 Å². The van der Waals surface area contributed by atoms with Crippen LogP contribution in [0, 0.1) is 6.92 Å². The van der Waals surface area contributed by atoms with Crippen LogP contribution in [0.4, 0.5) is 10.5 Å². The SMILES string of the molecule is Cc1ccc(Cl)c(NC(=O)CCN2C(=O)S/C(=C\c3cccc(O)c3)C2=O)c1. The summed E-state index contributed by atoms with van der Waals surface area (Å²) in [6, 6.07) is 11.6. The van der Waals surface area contributed by atoms with Crippen molar-refractivity contribution in [3.05, 3.63) is 63.5 Å². The van der Waals surface area contributed by atoms with Gasteiger partial charge in [-0.25, -0.2) is 0 Å². The Morgan fingerprint density at radius 1 is 1.25 bits per heavy atom. The second-order valence-electron chi connectivity index (χ2n) is 6.21. The third-order valence-corrected chi connectivity index (χ3v) is 5.24. The molecule has 1 heterocycles. The molecule has 8 heteroatoms. The number of aromatic hydroxyl groups is 1. The fourth-order valence-corrected chi connectivity index (χ4v) is 3.65. The molecular weight excluding hydrogens is 400 g/mol. The molecule has 3 rings (SSSR count). The molecule has 0 radical (unpaired) electrons. The largest absolute Gasteiger partial charge is 0.508 e. The second-order valence-corrected chi connectivity index (χ2v) is 7.61. The Morgan fingerprint density at radius 2 is 2.04 bits per heavy atom. The minimum Gasteiger partial charge on any atom is -0.508 e. The molecule has 0 spiro atoms. The maximum absolute atomic E-state index is 12.5. The van der Waals surface area contributed by atoms with Gasteiger partial charge in [-0.2, -0.15) is 0 Å². The molecule has 0 bridgehead atoms. The molecule has 28 heavy (non-hydrogen) atoms. The summed E-state index contributed by atoms with van der Waals surface area (Å²) in [5.41, 5.74) is 2.05. The van der Waals surface area contributed by atoms with Crippen molar-refractivity contribution in [3.8, 4) is 5.75 Å². The van der Waals surface area contributed by atoms with Crippen LogP contribution >= 0.6 is 23.4 Å². The predicted molar refractivity (Wildman–Crippen MR) is 110 cm³/mol. The molecule has 2 aromatic carbocycles. The van der Waals surface area contributed by atoms with Crippen LogP contribution in [-0.4, -0.2) is 33.6 Å². The summed E-state index contributed by atoms with van der Waals surface area (Å²) in [7, 11) is 0.